The van der Waals surface area contributed by atoms with Gasteiger partial charge in [0.25, 0.3) is 0 Å². The van der Waals surface area contributed by atoms with Gasteiger partial charge >= 0.3 is 33.6 Å². The molecule has 2 radical (unpaired) electrons. The van der Waals surface area contributed by atoms with Crippen LogP contribution in [0.3, 0.4) is 0 Å². The van der Waals surface area contributed by atoms with E-state index in [0.29, 0.717) is 0 Å². The first kappa shape index (κ1) is 59.1. The molecule has 62 heavy (non-hydrogen) atoms. The number of carbonyl (C=O) groups excluding carboxylic acids is 2. The maximum Gasteiger partial charge on any atom is 2.00 e. The topological polar surface area (TPSA) is 269 Å². The van der Waals surface area contributed by atoms with Gasteiger partial charge < -0.3 is 41.9 Å². The summed E-state index contributed by atoms with van der Waals surface area (Å²) >= 11 is 19.1. The Morgan fingerprint density at radius 1 is 0.500 bits per heavy atom. The Bertz CT molecular complexity index is 2100. The minimum Gasteiger partial charge on any atom is -0.545 e. The number of aromatic nitrogens is 8. The second-order valence-electron chi connectivity index (χ2n) is 12.4. The Hall–Kier alpha value is -4.99. The van der Waals surface area contributed by atoms with Crippen LogP contribution in [-0.4, -0.2) is 61.7 Å². The Labute approximate surface area is 399 Å². The predicted molar refractivity (Wildman–Crippen MR) is 229 cm³/mol. The van der Waals surface area contributed by atoms with Crippen LogP contribution in [0, 0.1) is 55.4 Å². The van der Waals surface area contributed by atoms with Crippen molar-refractivity contribution in [2.24, 2.45) is 0 Å². The van der Waals surface area contributed by atoms with Gasteiger partial charge in [-0.1, -0.05) is 48.5 Å². The number of carboxylic acids is 2. The number of aryl methyl sites for hydroxylation is 8. The summed E-state index contributed by atoms with van der Waals surface area (Å²) in [5.41, 5.74) is 36.8. The summed E-state index contributed by atoms with van der Waals surface area (Å²) in [6, 6.07) is 21.4. The summed E-state index contributed by atoms with van der Waals surface area (Å²) in [5, 5.41) is 40.8. The normalized spacial score (nSPS) is 9.52. The number of carbonyl (C=O) groups is 2. The molecule has 0 amide bonds. The summed E-state index contributed by atoms with van der Waals surface area (Å²) in [6.07, 6.45) is -0.550. The number of benzene rings is 2. The van der Waals surface area contributed by atoms with Crippen molar-refractivity contribution in [3.8, 4) is 0 Å². The van der Waals surface area contributed by atoms with Crippen LogP contribution < -0.4 is 10.2 Å². The molecule has 0 N–H and O–H groups in total. The summed E-state index contributed by atoms with van der Waals surface area (Å²) in [6.45, 7) is 15.8. The van der Waals surface area contributed by atoms with E-state index in [0.717, 1.165) is 56.7 Å². The average Bonchev–Trinajstić information content (AvgIpc) is 3.91. The molecular formula is C38H42Cl4Co2N14O4. The molecule has 0 unspecified atom stereocenters. The van der Waals surface area contributed by atoms with Gasteiger partial charge in [0.15, 0.2) is 12.3 Å². The van der Waals surface area contributed by atoms with Gasteiger partial charge in [-0.25, -0.2) is 18.7 Å². The minimum atomic E-state index is -1.18. The number of alkyl halides is 4. The summed E-state index contributed by atoms with van der Waals surface area (Å²) in [5.74, 6) is -2.37. The molecule has 0 spiro atoms. The van der Waals surface area contributed by atoms with Gasteiger partial charge in [-0.05, 0) is 102 Å². The number of carboxylic acid groups (broad SMARTS) is 2. The predicted octanol–water partition coefficient (Wildman–Crippen LogP) is 8.11. The van der Waals surface area contributed by atoms with Crippen molar-refractivity contribution in [2.75, 3.05) is 10.7 Å². The Kier molecular flexibility index (Phi) is 28.7. The standard InChI is InChI=1S/2C18H20N4O2.2CH2Cl2.2Co.2N3/c2*1-11-9-13(3)21(19-11)17(22-14(4)10-12(2)20-22)15-5-7-16(8-6-15)18(23)24;2*2-1-3;;;2*1-3-2/h2*5-10,17H,1-4H3,(H,23,24);2*1H2;;;;/q;;;;2*+2;2*-1/p-2. The van der Waals surface area contributed by atoms with E-state index in [4.69, 9.17) is 68.5 Å². The first-order chi connectivity index (χ1) is 28.4. The number of hydrogen-bond donors (Lipinski definition) is 0. The van der Waals surface area contributed by atoms with Crippen LogP contribution in [0.4, 0.5) is 0 Å². The molecule has 0 atom stereocenters. The zero-order valence-electron chi connectivity index (χ0n) is 34.6. The third kappa shape index (κ3) is 17.8. The van der Waals surface area contributed by atoms with Gasteiger partial charge in [-0.2, -0.15) is 20.4 Å². The van der Waals surface area contributed by atoms with E-state index >= 15 is 0 Å². The van der Waals surface area contributed by atoms with E-state index in [1.54, 1.807) is 48.5 Å². The number of nitrogens with zero attached hydrogens (tertiary/aromatic N) is 14. The Balaban J connectivity index is 0. The van der Waals surface area contributed by atoms with Crippen LogP contribution in [0.25, 0.3) is 31.9 Å². The second-order valence-corrected chi connectivity index (χ2v) is 14.1. The number of rotatable bonds is 8. The smallest absolute Gasteiger partial charge is 0.545 e. The third-order valence-electron chi connectivity index (χ3n) is 7.99. The average molecular weight is 1020 g/mol. The monoisotopic (exact) mass is 1020 g/mol. The molecule has 334 valence electrons. The van der Waals surface area contributed by atoms with Gasteiger partial charge in [-0.15, -0.1) is 46.4 Å². The van der Waals surface area contributed by atoms with Crippen molar-refractivity contribution in [3.63, 3.8) is 0 Å². The van der Waals surface area contributed by atoms with Crippen molar-refractivity contribution in [2.45, 2.75) is 67.7 Å². The van der Waals surface area contributed by atoms with Gasteiger partial charge in [0.05, 0.1) is 45.4 Å². The molecule has 0 saturated heterocycles. The molecule has 0 fully saturated rings. The molecule has 0 aliphatic carbocycles. The van der Waals surface area contributed by atoms with E-state index in [1.807, 2.05) is 98.4 Å². The van der Waals surface area contributed by atoms with E-state index in [-0.39, 0.29) is 67.7 Å². The summed E-state index contributed by atoms with van der Waals surface area (Å²) < 4.78 is 7.62. The van der Waals surface area contributed by atoms with Gasteiger partial charge in [0.1, 0.15) is 0 Å². The van der Waals surface area contributed by atoms with Gasteiger partial charge in [-0.3, -0.25) is 9.82 Å². The molecule has 18 nitrogen and oxygen atoms in total. The fourth-order valence-electron chi connectivity index (χ4n) is 5.93. The van der Waals surface area contributed by atoms with Crippen LogP contribution in [0.2, 0.25) is 0 Å². The van der Waals surface area contributed by atoms with E-state index < -0.39 is 11.9 Å². The molecule has 24 heteroatoms. The van der Waals surface area contributed by atoms with Crippen molar-refractivity contribution in [1.82, 2.24) is 39.1 Å². The number of hydrogen-bond acceptors (Lipinski definition) is 8. The van der Waals surface area contributed by atoms with Crippen molar-refractivity contribution < 1.29 is 53.4 Å². The van der Waals surface area contributed by atoms with Crippen LogP contribution in [-0.2, 0) is 33.6 Å². The molecular weight excluding hydrogens is 976 g/mol. The fourth-order valence-corrected chi connectivity index (χ4v) is 5.93. The molecule has 6 rings (SSSR count). The SMILES string of the molecule is Cc1cc(C)n(C(c2ccc(C(=O)[O-])cc2)n2nc(C)cc2C)n1.Cc1cc(C)n(C(c2ccc(C(=O)[O-])cc2)n2nc(C)cc2C)n1.ClCCl.ClCCl.[Co+2].[Co+2].[N-]=[N+]=[N-].[N-]=[N+]=[N-]. The molecule has 2 aromatic carbocycles. The minimum absolute atomic E-state index is 0. The molecule has 4 heterocycles. The maximum atomic E-state index is 11.0. The van der Waals surface area contributed by atoms with Crippen LogP contribution in [0.15, 0.2) is 72.8 Å². The largest absolute Gasteiger partial charge is 2.00 e. The molecule has 6 aromatic rings. The zero-order valence-corrected chi connectivity index (χ0v) is 39.7. The van der Waals surface area contributed by atoms with Gasteiger partial charge in [0, 0.05) is 22.8 Å². The quantitative estimate of drug-likeness (QED) is 0.0620. The fraction of sp³-hybridized carbons (Fsp3) is 0.316. The molecule has 0 bridgehead atoms. The van der Waals surface area contributed by atoms with E-state index in [9.17, 15) is 19.8 Å². The summed E-state index contributed by atoms with van der Waals surface area (Å²) in [7, 11) is 0. The first-order valence-corrected chi connectivity index (χ1v) is 19.5. The van der Waals surface area contributed by atoms with Crippen LogP contribution in [0.1, 0.15) is 89.7 Å². The zero-order chi connectivity index (χ0) is 45.7. The second kappa shape index (κ2) is 30.1. The maximum absolute atomic E-state index is 11.0. The molecule has 0 saturated carbocycles. The number of halogens is 4. The van der Waals surface area contributed by atoms with E-state index in [1.165, 1.54) is 9.82 Å². The van der Waals surface area contributed by atoms with Crippen LogP contribution >= 0.6 is 46.4 Å². The van der Waals surface area contributed by atoms with Crippen molar-refractivity contribution in [3.05, 3.63) is 173 Å². The van der Waals surface area contributed by atoms with E-state index in [2.05, 4.69) is 20.4 Å². The Morgan fingerprint density at radius 2 is 0.677 bits per heavy atom. The van der Waals surface area contributed by atoms with Gasteiger partial charge in [0.2, 0.25) is 0 Å². The first-order valence-electron chi connectivity index (χ1n) is 17.3. The Morgan fingerprint density at radius 3 is 0.806 bits per heavy atom. The summed E-state index contributed by atoms with van der Waals surface area (Å²) in [4.78, 5) is 25.0. The van der Waals surface area contributed by atoms with Crippen molar-refractivity contribution >= 4 is 58.3 Å². The molecule has 0 aliphatic rings. The third-order valence-corrected chi connectivity index (χ3v) is 7.99. The number of aromatic carboxylic acids is 2. The molecule has 0 aliphatic heterocycles. The van der Waals surface area contributed by atoms with Crippen LogP contribution in [0.5, 0.6) is 0 Å². The molecule has 4 aromatic heterocycles. The van der Waals surface area contributed by atoms with Crippen molar-refractivity contribution in [1.29, 1.82) is 0 Å².